The van der Waals surface area contributed by atoms with Crippen molar-refractivity contribution >= 4 is 5.69 Å². The number of non-ortho nitro benzene ring substituents is 1. The van der Waals surface area contributed by atoms with Crippen molar-refractivity contribution in [3.63, 3.8) is 0 Å². The highest BCUT2D eigenvalue weighted by Gasteiger charge is 2.35. The lowest BCUT2D eigenvalue weighted by molar-refractivity contribution is -0.384. The summed E-state index contributed by atoms with van der Waals surface area (Å²) < 4.78 is 5.95. The number of nitro groups is 1. The van der Waals surface area contributed by atoms with Gasteiger partial charge in [-0.25, -0.2) is 0 Å². The van der Waals surface area contributed by atoms with Gasteiger partial charge in [0, 0.05) is 12.1 Å². The first kappa shape index (κ1) is 17.8. The average molecular weight is 324 g/mol. The maximum absolute atomic E-state index is 10.6. The van der Waals surface area contributed by atoms with Gasteiger partial charge in [0.25, 0.3) is 5.69 Å². The zero-order valence-electron chi connectivity index (χ0n) is 13.8. The minimum Gasteiger partial charge on any atom is -0.395 e. The second-order valence-electron chi connectivity index (χ2n) is 6.72. The van der Waals surface area contributed by atoms with Gasteiger partial charge in [-0.3, -0.25) is 15.0 Å². The summed E-state index contributed by atoms with van der Waals surface area (Å²) >= 11 is 0. The zero-order valence-corrected chi connectivity index (χ0v) is 13.8. The molecule has 1 heterocycles. The minimum absolute atomic E-state index is 0.00423. The largest absolute Gasteiger partial charge is 0.395 e. The topological polar surface area (TPSA) is 85.1 Å². The third-order valence-electron chi connectivity index (χ3n) is 3.60. The molecule has 0 bridgehead atoms. The Bertz CT molecular complexity index is 526. The van der Waals surface area contributed by atoms with E-state index >= 15 is 0 Å². The Balaban J connectivity index is 1.89. The molecule has 0 aliphatic carbocycles. The van der Waals surface area contributed by atoms with Gasteiger partial charge < -0.3 is 9.84 Å². The monoisotopic (exact) mass is 324 g/mol. The van der Waals surface area contributed by atoms with Crippen LogP contribution in [0, 0.1) is 10.1 Å². The highest BCUT2D eigenvalue weighted by atomic mass is 16.7. The predicted molar refractivity (Wildman–Crippen MR) is 84.7 cm³/mol. The zero-order chi connectivity index (χ0) is 17.0. The van der Waals surface area contributed by atoms with Crippen LogP contribution >= 0.6 is 0 Å². The molecule has 2 atom stereocenters. The van der Waals surface area contributed by atoms with E-state index in [1.54, 1.807) is 17.2 Å². The molecule has 23 heavy (non-hydrogen) atoms. The standard InChI is InChI=1S/C16H24N2O5/c1-16(2,3)23-15-8-14(10-19)17(9-15)22-11-12-4-6-13(7-5-12)18(20)21/h4-7,14-15,19H,8-11H2,1-3H3. The predicted octanol–water partition coefficient (Wildman–Crippen LogP) is 2.28. The Morgan fingerprint density at radius 2 is 2.00 bits per heavy atom. The van der Waals surface area contributed by atoms with Crippen molar-refractivity contribution in [3.8, 4) is 0 Å². The van der Waals surface area contributed by atoms with E-state index in [9.17, 15) is 15.2 Å². The number of nitro benzene ring substituents is 1. The van der Waals surface area contributed by atoms with E-state index in [0.29, 0.717) is 19.6 Å². The van der Waals surface area contributed by atoms with Crippen LogP contribution in [-0.4, -0.2) is 46.0 Å². The van der Waals surface area contributed by atoms with Crippen LogP contribution < -0.4 is 0 Å². The lowest BCUT2D eigenvalue weighted by atomic mass is 10.1. The summed E-state index contributed by atoms with van der Waals surface area (Å²) in [7, 11) is 0. The highest BCUT2D eigenvalue weighted by molar-refractivity contribution is 5.32. The Morgan fingerprint density at radius 3 is 2.52 bits per heavy atom. The van der Waals surface area contributed by atoms with Gasteiger partial charge >= 0.3 is 0 Å². The summed E-state index contributed by atoms with van der Waals surface area (Å²) in [5.41, 5.74) is 0.660. The van der Waals surface area contributed by atoms with Crippen LogP contribution in [0.4, 0.5) is 5.69 Å². The Labute approximate surface area is 135 Å². The molecule has 2 rings (SSSR count). The fourth-order valence-corrected chi connectivity index (χ4v) is 2.63. The molecule has 1 aliphatic heterocycles. The quantitative estimate of drug-likeness (QED) is 0.638. The molecule has 7 nitrogen and oxygen atoms in total. The third-order valence-corrected chi connectivity index (χ3v) is 3.60. The van der Waals surface area contributed by atoms with Gasteiger partial charge in [0.1, 0.15) is 0 Å². The molecular weight excluding hydrogens is 300 g/mol. The van der Waals surface area contributed by atoms with E-state index in [1.807, 2.05) is 20.8 Å². The lowest BCUT2D eigenvalue weighted by Gasteiger charge is -2.25. The fourth-order valence-electron chi connectivity index (χ4n) is 2.63. The van der Waals surface area contributed by atoms with Gasteiger partial charge in [-0.1, -0.05) is 0 Å². The third kappa shape index (κ3) is 5.24. The van der Waals surface area contributed by atoms with Gasteiger partial charge in [-0.15, -0.1) is 0 Å². The molecule has 0 saturated carbocycles. The summed E-state index contributed by atoms with van der Waals surface area (Å²) in [6.45, 7) is 6.90. The highest BCUT2D eigenvalue weighted by Crippen LogP contribution is 2.25. The molecule has 1 aromatic carbocycles. The van der Waals surface area contributed by atoms with Gasteiger partial charge in [0.05, 0.1) is 42.4 Å². The maximum atomic E-state index is 10.6. The molecule has 0 radical (unpaired) electrons. The summed E-state index contributed by atoms with van der Waals surface area (Å²) in [6.07, 6.45) is 0.734. The smallest absolute Gasteiger partial charge is 0.269 e. The minimum atomic E-state index is -0.429. The van der Waals surface area contributed by atoms with Crippen molar-refractivity contribution in [3.05, 3.63) is 39.9 Å². The van der Waals surface area contributed by atoms with Gasteiger partial charge in [-0.2, -0.15) is 5.06 Å². The Kier molecular flexibility index (Phi) is 5.69. The molecule has 1 fully saturated rings. The number of hydrogen-bond donors (Lipinski definition) is 1. The number of hydroxylamine groups is 2. The number of benzene rings is 1. The van der Waals surface area contributed by atoms with Crippen molar-refractivity contribution in [2.75, 3.05) is 13.2 Å². The number of rotatable bonds is 6. The average Bonchev–Trinajstić information content (AvgIpc) is 2.85. The summed E-state index contributed by atoms with van der Waals surface area (Å²) in [5.74, 6) is 0. The second kappa shape index (κ2) is 7.35. The molecule has 0 amide bonds. The van der Waals surface area contributed by atoms with Crippen molar-refractivity contribution < 1.29 is 19.6 Å². The molecule has 1 N–H and O–H groups in total. The summed E-state index contributed by atoms with van der Waals surface area (Å²) in [5, 5.41) is 21.9. The first-order valence-corrected chi connectivity index (χ1v) is 7.70. The van der Waals surface area contributed by atoms with Gasteiger partial charge in [-0.05, 0) is 44.9 Å². The Hall–Kier alpha value is -1.54. The maximum Gasteiger partial charge on any atom is 0.269 e. The molecule has 0 spiro atoms. The SMILES string of the molecule is CC(C)(C)OC1CC(CO)N(OCc2ccc([N+](=O)[O-])cc2)C1. The van der Waals surface area contributed by atoms with Crippen LogP contribution in [0.2, 0.25) is 0 Å². The van der Waals surface area contributed by atoms with E-state index in [0.717, 1.165) is 5.56 Å². The van der Waals surface area contributed by atoms with E-state index in [4.69, 9.17) is 9.57 Å². The Morgan fingerprint density at radius 1 is 1.35 bits per heavy atom. The van der Waals surface area contributed by atoms with E-state index in [2.05, 4.69) is 0 Å². The molecule has 2 unspecified atom stereocenters. The van der Waals surface area contributed by atoms with Crippen LogP contribution in [-0.2, 0) is 16.2 Å². The number of nitrogens with zero attached hydrogens (tertiary/aromatic N) is 2. The molecule has 128 valence electrons. The van der Waals surface area contributed by atoms with Crippen molar-refractivity contribution in [2.24, 2.45) is 0 Å². The number of ether oxygens (including phenoxy) is 1. The van der Waals surface area contributed by atoms with Gasteiger partial charge in [0.15, 0.2) is 0 Å². The molecule has 7 heteroatoms. The van der Waals surface area contributed by atoms with Crippen LogP contribution in [0.25, 0.3) is 0 Å². The second-order valence-corrected chi connectivity index (χ2v) is 6.72. The van der Waals surface area contributed by atoms with E-state index < -0.39 is 4.92 Å². The summed E-state index contributed by atoms with van der Waals surface area (Å²) in [6, 6.07) is 6.16. The van der Waals surface area contributed by atoms with Crippen LogP contribution in [0.1, 0.15) is 32.8 Å². The van der Waals surface area contributed by atoms with Crippen LogP contribution in [0.3, 0.4) is 0 Å². The normalized spacial score (nSPS) is 22.4. The van der Waals surface area contributed by atoms with Crippen LogP contribution in [0.5, 0.6) is 0 Å². The first-order chi connectivity index (χ1) is 10.8. The van der Waals surface area contributed by atoms with Gasteiger partial charge in [0.2, 0.25) is 0 Å². The first-order valence-electron chi connectivity index (χ1n) is 7.70. The lowest BCUT2D eigenvalue weighted by Crippen LogP contribution is -2.33. The molecule has 1 aromatic rings. The number of aliphatic hydroxyl groups is 1. The number of aliphatic hydroxyl groups excluding tert-OH is 1. The van der Waals surface area contributed by atoms with Crippen molar-refractivity contribution in [1.29, 1.82) is 0 Å². The molecule has 0 aromatic heterocycles. The van der Waals surface area contributed by atoms with E-state index in [1.165, 1.54) is 12.1 Å². The number of hydrogen-bond acceptors (Lipinski definition) is 6. The molecule has 1 saturated heterocycles. The summed E-state index contributed by atoms with van der Waals surface area (Å²) in [4.78, 5) is 16.0. The molecular formula is C16H24N2O5. The van der Waals surface area contributed by atoms with Crippen molar-refractivity contribution in [1.82, 2.24) is 5.06 Å². The molecule has 1 aliphatic rings. The fraction of sp³-hybridized carbons (Fsp3) is 0.625. The van der Waals surface area contributed by atoms with E-state index in [-0.39, 0.29) is 30.0 Å². The van der Waals surface area contributed by atoms with Crippen molar-refractivity contribution in [2.45, 2.75) is 51.5 Å². The van der Waals surface area contributed by atoms with Crippen LogP contribution in [0.15, 0.2) is 24.3 Å².